The minimum atomic E-state index is 0.000725. The highest BCUT2D eigenvalue weighted by Gasteiger charge is 2.06. The number of Topliss-reactive ketones (excluding diaryl/α,β-unsaturated/α-hetero) is 1. The number of benzene rings is 2. The predicted octanol–water partition coefficient (Wildman–Crippen LogP) is 5.78. The molecule has 0 saturated heterocycles. The van der Waals surface area contributed by atoms with Gasteiger partial charge in [-0.3, -0.25) is 4.79 Å². The lowest BCUT2D eigenvalue weighted by molar-refractivity contribution is 0.101. The van der Waals surface area contributed by atoms with E-state index in [-0.39, 0.29) is 5.78 Å². The Hall–Kier alpha value is -2.63. The maximum atomic E-state index is 11.5. The summed E-state index contributed by atoms with van der Waals surface area (Å²) < 4.78 is 0. The Kier molecular flexibility index (Phi) is 5.40. The van der Waals surface area contributed by atoms with Crippen LogP contribution in [0.2, 0.25) is 10.0 Å². The van der Waals surface area contributed by atoms with Crippen LogP contribution in [0.3, 0.4) is 0 Å². The summed E-state index contributed by atoms with van der Waals surface area (Å²) in [5.41, 5.74) is 2.91. The summed E-state index contributed by atoms with van der Waals surface area (Å²) in [5, 5.41) is 7.25. The molecule has 0 atom stereocenters. The van der Waals surface area contributed by atoms with Gasteiger partial charge in [0.25, 0.3) is 0 Å². The number of halogens is 2. The van der Waals surface area contributed by atoms with E-state index < -0.39 is 0 Å². The molecule has 0 spiro atoms. The lowest BCUT2D eigenvalue weighted by atomic mass is 10.1. The van der Waals surface area contributed by atoms with Gasteiger partial charge in [-0.05, 0) is 44.2 Å². The number of aryl methyl sites for hydroxylation is 1. The molecule has 2 aromatic carbocycles. The quantitative estimate of drug-likeness (QED) is 0.543. The summed E-state index contributed by atoms with van der Waals surface area (Å²) in [7, 11) is 0. The minimum absolute atomic E-state index is 0.000725. The summed E-state index contributed by atoms with van der Waals surface area (Å²) in [6.45, 7) is 3.40. The van der Waals surface area contributed by atoms with Crippen LogP contribution in [-0.4, -0.2) is 15.8 Å². The molecular formula is C19H16Cl2N4O. The van der Waals surface area contributed by atoms with Crippen molar-refractivity contribution in [3.05, 3.63) is 69.8 Å². The second-order valence-electron chi connectivity index (χ2n) is 5.73. The molecule has 1 heterocycles. The van der Waals surface area contributed by atoms with Gasteiger partial charge < -0.3 is 10.6 Å². The molecule has 7 heteroatoms. The fourth-order valence-electron chi connectivity index (χ4n) is 2.36. The maximum absolute atomic E-state index is 11.5. The highest BCUT2D eigenvalue weighted by atomic mass is 35.5. The lowest BCUT2D eigenvalue weighted by Crippen LogP contribution is -2.03. The number of nitrogens with zero attached hydrogens (tertiary/aromatic N) is 2. The van der Waals surface area contributed by atoms with Crippen LogP contribution < -0.4 is 10.6 Å². The summed E-state index contributed by atoms with van der Waals surface area (Å²) in [4.78, 5) is 20.4. The number of nitrogens with one attached hydrogen (secondary N) is 2. The Morgan fingerprint density at radius 2 is 1.69 bits per heavy atom. The first-order valence-corrected chi connectivity index (χ1v) is 8.62. The molecule has 0 aliphatic rings. The van der Waals surface area contributed by atoms with Gasteiger partial charge >= 0.3 is 0 Å². The Labute approximate surface area is 161 Å². The number of carbonyl (C=O) groups excluding carboxylic acids is 1. The van der Waals surface area contributed by atoms with E-state index in [1.807, 2.05) is 31.2 Å². The van der Waals surface area contributed by atoms with E-state index in [0.29, 0.717) is 27.4 Å². The van der Waals surface area contributed by atoms with Gasteiger partial charge in [0.2, 0.25) is 5.95 Å². The smallest absolute Gasteiger partial charge is 0.229 e. The molecule has 0 radical (unpaired) electrons. The number of hydrogen-bond donors (Lipinski definition) is 2. The minimum Gasteiger partial charge on any atom is -0.340 e. The molecule has 3 rings (SSSR count). The highest BCUT2D eigenvalue weighted by Crippen LogP contribution is 2.27. The number of hydrogen-bond acceptors (Lipinski definition) is 5. The molecule has 1 aromatic heterocycles. The van der Waals surface area contributed by atoms with Crippen LogP contribution in [0.1, 0.15) is 23.0 Å². The van der Waals surface area contributed by atoms with Crippen molar-refractivity contribution in [2.24, 2.45) is 0 Å². The van der Waals surface area contributed by atoms with Crippen molar-refractivity contribution >= 4 is 52.1 Å². The van der Waals surface area contributed by atoms with Gasteiger partial charge in [-0.25, -0.2) is 4.98 Å². The van der Waals surface area contributed by atoms with Crippen molar-refractivity contribution in [3.8, 4) is 0 Å². The number of ketones is 1. The summed E-state index contributed by atoms with van der Waals surface area (Å²) >= 11 is 12.0. The summed E-state index contributed by atoms with van der Waals surface area (Å²) in [6, 6.07) is 14.3. The van der Waals surface area contributed by atoms with Gasteiger partial charge in [0, 0.05) is 28.7 Å². The maximum Gasteiger partial charge on any atom is 0.229 e. The molecule has 3 aromatic rings. The molecule has 0 unspecified atom stereocenters. The largest absolute Gasteiger partial charge is 0.340 e. The van der Waals surface area contributed by atoms with E-state index in [0.717, 1.165) is 17.1 Å². The lowest BCUT2D eigenvalue weighted by Gasteiger charge is -2.11. The first kappa shape index (κ1) is 18.2. The SMILES string of the molecule is CC(=O)c1cccc(Nc2nc(C)cc(Nc3ccc(Cl)c(Cl)c3)n2)c1. The van der Waals surface area contributed by atoms with Crippen molar-refractivity contribution < 1.29 is 4.79 Å². The summed E-state index contributed by atoms with van der Waals surface area (Å²) in [5.74, 6) is 1.04. The van der Waals surface area contributed by atoms with Crippen molar-refractivity contribution in [3.63, 3.8) is 0 Å². The zero-order chi connectivity index (χ0) is 18.7. The zero-order valence-corrected chi connectivity index (χ0v) is 15.7. The van der Waals surface area contributed by atoms with Crippen LogP contribution in [0.25, 0.3) is 0 Å². The van der Waals surface area contributed by atoms with Gasteiger partial charge in [0.05, 0.1) is 10.0 Å². The third-order valence-electron chi connectivity index (χ3n) is 3.57. The molecule has 26 heavy (non-hydrogen) atoms. The molecule has 0 bridgehead atoms. The standard InChI is InChI=1S/C19H16Cl2N4O/c1-11-8-18(23-15-6-7-16(20)17(21)10-15)25-19(22-11)24-14-5-3-4-13(9-14)12(2)26/h3-10H,1-2H3,(H2,22,23,24,25). The van der Waals surface area contributed by atoms with Gasteiger partial charge in [-0.15, -0.1) is 0 Å². The molecule has 0 amide bonds. The average Bonchev–Trinajstić information content (AvgIpc) is 2.58. The van der Waals surface area contributed by atoms with Gasteiger partial charge in [0.15, 0.2) is 5.78 Å². The third kappa shape index (κ3) is 4.50. The topological polar surface area (TPSA) is 66.9 Å². The molecular weight excluding hydrogens is 371 g/mol. The van der Waals surface area contributed by atoms with Gasteiger partial charge in [-0.2, -0.15) is 4.98 Å². The van der Waals surface area contributed by atoms with Crippen molar-refractivity contribution in [1.29, 1.82) is 0 Å². The second-order valence-corrected chi connectivity index (χ2v) is 6.55. The van der Waals surface area contributed by atoms with Crippen molar-refractivity contribution in [2.75, 3.05) is 10.6 Å². The van der Waals surface area contributed by atoms with E-state index in [2.05, 4.69) is 20.6 Å². The Morgan fingerprint density at radius 1 is 0.923 bits per heavy atom. The Balaban J connectivity index is 1.84. The van der Waals surface area contributed by atoms with Crippen LogP contribution in [0, 0.1) is 6.92 Å². The normalized spacial score (nSPS) is 10.5. The number of carbonyl (C=O) groups is 1. The zero-order valence-electron chi connectivity index (χ0n) is 14.2. The molecule has 0 fully saturated rings. The molecule has 2 N–H and O–H groups in total. The number of anilines is 4. The van der Waals surface area contributed by atoms with Gasteiger partial charge in [0.1, 0.15) is 5.82 Å². The first-order valence-electron chi connectivity index (χ1n) is 7.86. The van der Waals surface area contributed by atoms with Crippen LogP contribution in [0.5, 0.6) is 0 Å². The van der Waals surface area contributed by atoms with E-state index in [1.54, 1.807) is 24.3 Å². The Morgan fingerprint density at radius 3 is 2.42 bits per heavy atom. The van der Waals surface area contributed by atoms with E-state index in [9.17, 15) is 4.79 Å². The first-order chi connectivity index (χ1) is 12.4. The second kappa shape index (κ2) is 7.72. The molecule has 5 nitrogen and oxygen atoms in total. The van der Waals surface area contributed by atoms with Crippen LogP contribution in [0.15, 0.2) is 48.5 Å². The van der Waals surface area contributed by atoms with Crippen LogP contribution in [-0.2, 0) is 0 Å². The molecule has 0 aliphatic heterocycles. The number of aromatic nitrogens is 2. The molecule has 132 valence electrons. The Bertz CT molecular complexity index is 976. The summed E-state index contributed by atoms with van der Waals surface area (Å²) in [6.07, 6.45) is 0. The average molecular weight is 387 g/mol. The van der Waals surface area contributed by atoms with Crippen LogP contribution in [0.4, 0.5) is 23.1 Å². The van der Waals surface area contributed by atoms with Gasteiger partial charge in [-0.1, -0.05) is 35.3 Å². The highest BCUT2D eigenvalue weighted by molar-refractivity contribution is 6.42. The fraction of sp³-hybridized carbons (Fsp3) is 0.105. The fourth-order valence-corrected chi connectivity index (χ4v) is 2.65. The van der Waals surface area contributed by atoms with Crippen molar-refractivity contribution in [2.45, 2.75) is 13.8 Å². The molecule has 0 saturated carbocycles. The monoisotopic (exact) mass is 386 g/mol. The predicted molar refractivity (Wildman–Crippen MR) is 106 cm³/mol. The third-order valence-corrected chi connectivity index (χ3v) is 4.31. The van der Waals surface area contributed by atoms with E-state index >= 15 is 0 Å². The van der Waals surface area contributed by atoms with E-state index in [1.165, 1.54) is 6.92 Å². The number of rotatable bonds is 5. The molecule has 0 aliphatic carbocycles. The van der Waals surface area contributed by atoms with E-state index in [4.69, 9.17) is 23.2 Å². The van der Waals surface area contributed by atoms with Crippen LogP contribution >= 0.6 is 23.2 Å². The van der Waals surface area contributed by atoms with Crippen molar-refractivity contribution in [1.82, 2.24) is 9.97 Å².